The van der Waals surface area contributed by atoms with Gasteiger partial charge in [0.25, 0.3) is 23.0 Å². The van der Waals surface area contributed by atoms with Gasteiger partial charge in [-0.05, 0) is 36.4 Å². The SMILES string of the molecule is Cc1ccc2nc(NC(=O)CSC3=NC4C(=O)N(C)C(=O)N(C)C4=[N+]3C)sc2c1. The standard InChI is InChI=1S/C18H18N6O3S2/c1-9-5-6-10-11(7-9)29-16(19-10)20-12(25)8-28-17-21-13-14(22(17)2)23(3)18(27)24(4)15(13)26/h5-7,13H,8H2,1-4H3/p+1. The predicted molar refractivity (Wildman–Crippen MR) is 114 cm³/mol. The number of rotatable bonds is 3. The van der Waals surface area contributed by atoms with E-state index in [9.17, 15) is 14.4 Å². The van der Waals surface area contributed by atoms with Crippen molar-refractivity contribution in [2.45, 2.75) is 13.0 Å². The van der Waals surface area contributed by atoms with E-state index in [1.807, 2.05) is 25.1 Å². The number of urea groups is 1. The number of benzene rings is 1. The molecule has 0 radical (unpaired) electrons. The summed E-state index contributed by atoms with van der Waals surface area (Å²) < 4.78 is 2.70. The quantitative estimate of drug-likeness (QED) is 0.744. The molecule has 1 fully saturated rings. The Labute approximate surface area is 175 Å². The highest BCUT2D eigenvalue weighted by Crippen LogP contribution is 2.27. The van der Waals surface area contributed by atoms with Crippen LogP contribution in [0.3, 0.4) is 0 Å². The molecule has 1 saturated heterocycles. The second-order valence-corrected chi connectivity index (χ2v) is 8.77. The highest BCUT2D eigenvalue weighted by molar-refractivity contribution is 8.14. The molecule has 0 saturated carbocycles. The number of thioether (sulfide) groups is 1. The highest BCUT2D eigenvalue weighted by atomic mass is 32.2. The number of likely N-dealkylation sites (N-methyl/N-ethyl adjacent to an activating group) is 2. The van der Waals surface area contributed by atoms with Crippen LogP contribution in [0.4, 0.5) is 9.93 Å². The second kappa shape index (κ2) is 7.23. The van der Waals surface area contributed by atoms with Crippen molar-refractivity contribution in [2.75, 3.05) is 32.2 Å². The number of carbonyl (C=O) groups is 3. The van der Waals surface area contributed by atoms with Crippen LogP contribution in [0.5, 0.6) is 0 Å². The number of anilines is 1. The largest absolute Gasteiger partial charge is 0.388 e. The molecular formula is C18H19N6O3S2+. The molecule has 150 valence electrons. The first-order valence-electron chi connectivity index (χ1n) is 8.79. The molecule has 0 aliphatic carbocycles. The predicted octanol–water partition coefficient (Wildman–Crippen LogP) is 1.58. The Morgan fingerprint density at radius 2 is 2.07 bits per heavy atom. The molecule has 4 amide bonds. The Bertz CT molecular complexity index is 1120. The average Bonchev–Trinajstić information content (AvgIpc) is 3.22. The van der Waals surface area contributed by atoms with E-state index in [-0.39, 0.29) is 17.6 Å². The van der Waals surface area contributed by atoms with E-state index in [4.69, 9.17) is 0 Å². The summed E-state index contributed by atoms with van der Waals surface area (Å²) in [4.78, 5) is 48.2. The molecule has 2 aliphatic rings. The average molecular weight is 432 g/mol. The molecule has 29 heavy (non-hydrogen) atoms. The zero-order chi connectivity index (χ0) is 20.9. The fourth-order valence-electron chi connectivity index (χ4n) is 3.22. The third-order valence-corrected chi connectivity index (χ3v) is 6.70. The van der Waals surface area contributed by atoms with E-state index in [0.29, 0.717) is 16.1 Å². The van der Waals surface area contributed by atoms with Crippen molar-refractivity contribution in [2.24, 2.45) is 4.99 Å². The van der Waals surface area contributed by atoms with Gasteiger partial charge in [0.15, 0.2) is 5.13 Å². The third-order valence-electron chi connectivity index (χ3n) is 4.72. The number of hydrogen-bond acceptors (Lipinski definition) is 7. The molecule has 1 aromatic heterocycles. The van der Waals surface area contributed by atoms with Gasteiger partial charge >= 0.3 is 6.03 Å². The minimum atomic E-state index is -0.759. The van der Waals surface area contributed by atoms with Gasteiger partial charge in [0.2, 0.25) is 5.91 Å². The number of aromatic nitrogens is 1. The van der Waals surface area contributed by atoms with Crippen molar-refractivity contribution < 1.29 is 19.0 Å². The second-order valence-electron chi connectivity index (χ2n) is 6.80. The smallest absolute Gasteiger partial charge is 0.301 e. The summed E-state index contributed by atoms with van der Waals surface area (Å²) in [6, 6.07) is 4.78. The third kappa shape index (κ3) is 3.40. The first kappa shape index (κ1) is 19.5. The summed E-state index contributed by atoms with van der Waals surface area (Å²) in [5, 5.41) is 3.87. The lowest BCUT2D eigenvalue weighted by Gasteiger charge is -2.27. The molecule has 0 spiro atoms. The number of hydrogen-bond donors (Lipinski definition) is 1. The maximum atomic E-state index is 12.4. The molecule has 1 aromatic carbocycles. The number of amidine groups is 2. The van der Waals surface area contributed by atoms with E-state index in [1.165, 1.54) is 35.0 Å². The zero-order valence-corrected chi connectivity index (χ0v) is 17.9. The van der Waals surface area contributed by atoms with Gasteiger partial charge < -0.3 is 5.32 Å². The lowest BCUT2D eigenvalue weighted by molar-refractivity contribution is -0.367. The number of thiazole rings is 1. The van der Waals surface area contributed by atoms with Gasteiger partial charge in [0, 0.05) is 7.05 Å². The number of aryl methyl sites for hydroxylation is 1. The van der Waals surface area contributed by atoms with Crippen molar-refractivity contribution in [3.63, 3.8) is 0 Å². The fraction of sp³-hybridized carbons (Fsp3) is 0.333. The number of amides is 4. The Hall–Kier alpha value is -2.79. The molecule has 0 bridgehead atoms. The number of nitrogens with zero attached hydrogens (tertiary/aromatic N) is 5. The van der Waals surface area contributed by atoms with Crippen LogP contribution >= 0.6 is 23.1 Å². The minimum Gasteiger partial charge on any atom is -0.301 e. The molecule has 1 N–H and O–H groups in total. The van der Waals surface area contributed by atoms with Crippen molar-refractivity contribution in [3.8, 4) is 0 Å². The van der Waals surface area contributed by atoms with Crippen LogP contribution in [0.2, 0.25) is 0 Å². The minimum absolute atomic E-state index is 0.111. The lowest BCUT2D eigenvalue weighted by Crippen LogP contribution is -2.59. The summed E-state index contributed by atoms with van der Waals surface area (Å²) in [6.07, 6.45) is 0. The van der Waals surface area contributed by atoms with Crippen LogP contribution in [0.1, 0.15) is 5.56 Å². The van der Waals surface area contributed by atoms with Crippen molar-refractivity contribution >= 4 is 67.3 Å². The van der Waals surface area contributed by atoms with Gasteiger partial charge in [-0.1, -0.05) is 17.4 Å². The fourth-order valence-corrected chi connectivity index (χ4v) is 5.00. The topological polar surface area (TPSA) is 98.0 Å². The molecule has 1 atom stereocenters. The van der Waals surface area contributed by atoms with E-state index in [1.54, 1.807) is 18.7 Å². The lowest BCUT2D eigenvalue weighted by atomic mass is 10.2. The number of carbonyl (C=O) groups excluding carboxylic acids is 3. The van der Waals surface area contributed by atoms with Crippen LogP contribution in [-0.2, 0) is 9.59 Å². The van der Waals surface area contributed by atoms with Crippen molar-refractivity contribution in [3.05, 3.63) is 23.8 Å². The maximum absolute atomic E-state index is 12.4. The van der Waals surface area contributed by atoms with Crippen molar-refractivity contribution in [1.82, 2.24) is 14.8 Å². The Morgan fingerprint density at radius 3 is 2.83 bits per heavy atom. The molecule has 9 nitrogen and oxygen atoms in total. The van der Waals surface area contributed by atoms with Crippen LogP contribution < -0.4 is 5.32 Å². The summed E-state index contributed by atoms with van der Waals surface area (Å²) in [5.41, 5.74) is 1.98. The first-order valence-corrected chi connectivity index (χ1v) is 10.6. The molecule has 4 rings (SSSR count). The van der Waals surface area contributed by atoms with Gasteiger partial charge in [-0.15, -0.1) is 4.99 Å². The Balaban J connectivity index is 1.44. The van der Waals surface area contributed by atoms with Gasteiger partial charge in [-0.2, -0.15) is 0 Å². The van der Waals surface area contributed by atoms with E-state index >= 15 is 0 Å². The molecule has 1 unspecified atom stereocenters. The Morgan fingerprint density at radius 1 is 1.31 bits per heavy atom. The van der Waals surface area contributed by atoms with E-state index in [2.05, 4.69) is 15.3 Å². The molecule has 2 aliphatic heterocycles. The van der Waals surface area contributed by atoms with E-state index < -0.39 is 12.1 Å². The summed E-state index contributed by atoms with van der Waals surface area (Å²) in [7, 11) is 4.78. The van der Waals surface area contributed by atoms with Gasteiger partial charge in [0.05, 0.1) is 30.1 Å². The van der Waals surface area contributed by atoms with Crippen LogP contribution in [-0.4, -0.2) is 81.1 Å². The summed E-state index contributed by atoms with van der Waals surface area (Å²) in [5.74, 6) is 0.0248. The summed E-state index contributed by atoms with van der Waals surface area (Å²) in [6.45, 7) is 2.01. The van der Waals surface area contributed by atoms with Gasteiger partial charge in [-0.25, -0.2) is 19.3 Å². The number of aliphatic imine (C=N–C) groups is 1. The molecular weight excluding hydrogens is 412 g/mol. The molecule has 11 heteroatoms. The Kier molecular flexibility index (Phi) is 4.87. The zero-order valence-electron chi connectivity index (χ0n) is 16.3. The number of imide groups is 1. The number of fused-ring (bicyclic) bond motifs is 2. The molecule has 2 aromatic rings. The molecule has 3 heterocycles. The monoisotopic (exact) mass is 431 g/mol. The first-order chi connectivity index (χ1) is 13.8. The van der Waals surface area contributed by atoms with Crippen LogP contribution in [0.25, 0.3) is 10.2 Å². The van der Waals surface area contributed by atoms with Crippen LogP contribution in [0.15, 0.2) is 23.2 Å². The number of nitrogens with one attached hydrogen (secondary N) is 1. The van der Waals surface area contributed by atoms with Crippen molar-refractivity contribution in [1.29, 1.82) is 0 Å². The van der Waals surface area contributed by atoms with Crippen LogP contribution in [0, 0.1) is 6.92 Å². The van der Waals surface area contributed by atoms with Gasteiger partial charge in [0.1, 0.15) is 0 Å². The summed E-state index contributed by atoms with van der Waals surface area (Å²) >= 11 is 2.64. The normalized spacial score (nSPS) is 19.2. The van der Waals surface area contributed by atoms with E-state index in [0.717, 1.165) is 20.7 Å². The maximum Gasteiger partial charge on any atom is 0.388 e. The highest BCUT2D eigenvalue weighted by Gasteiger charge is 2.51. The van der Waals surface area contributed by atoms with Gasteiger partial charge in [-0.3, -0.25) is 14.5 Å².